The van der Waals surface area contributed by atoms with Gasteiger partial charge in [0.1, 0.15) is 0 Å². The van der Waals surface area contributed by atoms with E-state index in [1.54, 1.807) is 0 Å². The number of rotatable bonds is 4. The second kappa shape index (κ2) is 6.20. The number of hydrogen-bond donors (Lipinski definition) is 2. The molecule has 2 atom stereocenters. The first kappa shape index (κ1) is 14.8. The molecule has 0 spiro atoms. The van der Waals surface area contributed by atoms with Gasteiger partial charge in [0.2, 0.25) is 5.91 Å². The Labute approximate surface area is 115 Å². The van der Waals surface area contributed by atoms with Crippen LogP contribution in [0.4, 0.5) is 0 Å². The van der Waals surface area contributed by atoms with Crippen LogP contribution >= 0.6 is 0 Å². The average molecular weight is 269 g/mol. The van der Waals surface area contributed by atoms with Crippen molar-refractivity contribution in [2.75, 3.05) is 26.8 Å². The summed E-state index contributed by atoms with van der Waals surface area (Å²) in [4.78, 5) is 13.9. The first-order valence-corrected chi connectivity index (χ1v) is 7.38. The Morgan fingerprint density at radius 2 is 2.05 bits per heavy atom. The van der Waals surface area contributed by atoms with E-state index in [2.05, 4.69) is 11.9 Å². The molecule has 2 rings (SSSR count). The van der Waals surface area contributed by atoms with Gasteiger partial charge in [0.15, 0.2) is 0 Å². The third-order valence-corrected chi connectivity index (χ3v) is 4.76. The SMILES string of the molecule is CN(CC1CCOCC1)C1CCCC(N)(C(N)=O)C1. The third-order valence-electron chi connectivity index (χ3n) is 4.76. The van der Waals surface area contributed by atoms with E-state index in [9.17, 15) is 4.79 Å². The molecule has 0 aromatic rings. The van der Waals surface area contributed by atoms with Gasteiger partial charge in [0.05, 0.1) is 5.54 Å². The monoisotopic (exact) mass is 269 g/mol. The van der Waals surface area contributed by atoms with Gasteiger partial charge < -0.3 is 21.1 Å². The minimum absolute atomic E-state index is 0.350. The summed E-state index contributed by atoms with van der Waals surface area (Å²) in [5.41, 5.74) is 10.8. The average Bonchev–Trinajstić information content (AvgIpc) is 2.40. The molecule has 1 saturated carbocycles. The lowest BCUT2D eigenvalue weighted by Crippen LogP contribution is -2.58. The molecule has 0 aromatic carbocycles. The molecule has 0 radical (unpaired) electrons. The molecule has 2 aliphatic rings. The summed E-state index contributed by atoms with van der Waals surface area (Å²) in [6.07, 6.45) is 5.81. The van der Waals surface area contributed by atoms with E-state index in [0.717, 1.165) is 51.9 Å². The van der Waals surface area contributed by atoms with Crippen molar-refractivity contribution in [2.24, 2.45) is 17.4 Å². The Bertz CT molecular complexity index is 318. The van der Waals surface area contributed by atoms with Crippen molar-refractivity contribution in [3.8, 4) is 0 Å². The number of nitrogens with zero attached hydrogens (tertiary/aromatic N) is 1. The molecular weight excluding hydrogens is 242 g/mol. The molecule has 2 fully saturated rings. The molecule has 1 amide bonds. The first-order valence-electron chi connectivity index (χ1n) is 7.38. The number of amides is 1. The maximum atomic E-state index is 11.5. The van der Waals surface area contributed by atoms with Gasteiger partial charge in [-0.25, -0.2) is 0 Å². The third kappa shape index (κ3) is 3.68. The van der Waals surface area contributed by atoms with E-state index < -0.39 is 5.54 Å². The van der Waals surface area contributed by atoms with Crippen LogP contribution in [0.2, 0.25) is 0 Å². The molecule has 5 nitrogen and oxygen atoms in total. The van der Waals surface area contributed by atoms with Crippen molar-refractivity contribution >= 4 is 5.91 Å². The molecule has 4 N–H and O–H groups in total. The zero-order valence-electron chi connectivity index (χ0n) is 11.9. The second-order valence-electron chi connectivity index (χ2n) is 6.27. The summed E-state index contributed by atoms with van der Waals surface area (Å²) in [6, 6.07) is 0.383. The fraction of sp³-hybridized carbons (Fsp3) is 0.929. The number of carbonyl (C=O) groups is 1. The number of carbonyl (C=O) groups excluding carboxylic acids is 1. The zero-order valence-corrected chi connectivity index (χ0v) is 11.9. The quantitative estimate of drug-likeness (QED) is 0.777. The van der Waals surface area contributed by atoms with Crippen LogP contribution in [0.25, 0.3) is 0 Å². The van der Waals surface area contributed by atoms with Crippen LogP contribution < -0.4 is 11.5 Å². The number of hydrogen-bond acceptors (Lipinski definition) is 4. The van der Waals surface area contributed by atoms with Gasteiger partial charge in [-0.3, -0.25) is 4.79 Å². The summed E-state index contributed by atoms with van der Waals surface area (Å²) in [7, 11) is 2.15. The summed E-state index contributed by atoms with van der Waals surface area (Å²) in [6.45, 7) is 2.83. The van der Waals surface area contributed by atoms with Crippen LogP contribution in [-0.2, 0) is 9.53 Å². The minimum atomic E-state index is -0.799. The van der Waals surface area contributed by atoms with Crippen LogP contribution in [0.5, 0.6) is 0 Å². The van der Waals surface area contributed by atoms with Crippen molar-refractivity contribution in [3.05, 3.63) is 0 Å². The highest BCUT2D eigenvalue weighted by atomic mass is 16.5. The van der Waals surface area contributed by atoms with E-state index in [1.807, 2.05) is 0 Å². The maximum Gasteiger partial charge on any atom is 0.237 e. The summed E-state index contributed by atoms with van der Waals surface area (Å²) in [5.74, 6) is 0.359. The highest BCUT2D eigenvalue weighted by Gasteiger charge is 2.39. The predicted octanol–water partition coefficient (Wildman–Crippen LogP) is 0.470. The lowest BCUT2D eigenvalue weighted by Gasteiger charge is -2.41. The number of nitrogens with two attached hydrogens (primary N) is 2. The summed E-state index contributed by atoms with van der Waals surface area (Å²) < 4.78 is 5.39. The second-order valence-corrected chi connectivity index (χ2v) is 6.27. The minimum Gasteiger partial charge on any atom is -0.381 e. The van der Waals surface area contributed by atoms with E-state index in [1.165, 1.54) is 0 Å². The standard InChI is InChI=1S/C14H27N3O2/c1-17(10-11-4-7-19-8-5-11)12-3-2-6-14(16,9-12)13(15)18/h11-12H,2-10,16H2,1H3,(H2,15,18). The Morgan fingerprint density at radius 1 is 1.37 bits per heavy atom. The van der Waals surface area contributed by atoms with Crippen molar-refractivity contribution < 1.29 is 9.53 Å². The maximum absolute atomic E-state index is 11.5. The Hall–Kier alpha value is -0.650. The molecule has 1 aliphatic carbocycles. The molecule has 1 heterocycles. The highest BCUT2D eigenvalue weighted by Crippen LogP contribution is 2.30. The van der Waals surface area contributed by atoms with Gasteiger partial charge in [0.25, 0.3) is 0 Å². The zero-order chi connectivity index (χ0) is 13.9. The molecule has 19 heavy (non-hydrogen) atoms. The number of ether oxygens (including phenoxy) is 1. The lowest BCUT2D eigenvalue weighted by molar-refractivity contribution is -0.125. The summed E-state index contributed by atoms with van der Waals surface area (Å²) in [5, 5.41) is 0. The summed E-state index contributed by atoms with van der Waals surface area (Å²) >= 11 is 0. The smallest absolute Gasteiger partial charge is 0.237 e. The van der Waals surface area contributed by atoms with Crippen LogP contribution in [0.15, 0.2) is 0 Å². The molecule has 110 valence electrons. The molecule has 0 bridgehead atoms. The predicted molar refractivity (Wildman–Crippen MR) is 74.5 cm³/mol. The van der Waals surface area contributed by atoms with Gasteiger partial charge >= 0.3 is 0 Å². The lowest BCUT2D eigenvalue weighted by atomic mass is 9.78. The van der Waals surface area contributed by atoms with Crippen LogP contribution in [0, 0.1) is 5.92 Å². The van der Waals surface area contributed by atoms with Gasteiger partial charge in [0, 0.05) is 25.8 Å². The van der Waals surface area contributed by atoms with Crippen molar-refractivity contribution in [3.63, 3.8) is 0 Å². The van der Waals surface area contributed by atoms with E-state index in [4.69, 9.17) is 16.2 Å². The Morgan fingerprint density at radius 3 is 2.68 bits per heavy atom. The topological polar surface area (TPSA) is 81.6 Å². The largest absolute Gasteiger partial charge is 0.381 e. The molecule has 5 heteroatoms. The fourth-order valence-corrected chi connectivity index (χ4v) is 3.36. The molecule has 2 unspecified atom stereocenters. The van der Waals surface area contributed by atoms with Crippen LogP contribution in [-0.4, -0.2) is 49.2 Å². The van der Waals surface area contributed by atoms with Gasteiger partial charge in [-0.15, -0.1) is 0 Å². The van der Waals surface area contributed by atoms with Crippen molar-refractivity contribution in [1.82, 2.24) is 4.90 Å². The Kier molecular flexibility index (Phi) is 4.81. The molecular formula is C14H27N3O2. The normalized spacial score (nSPS) is 33.5. The van der Waals surface area contributed by atoms with Crippen LogP contribution in [0.1, 0.15) is 38.5 Å². The Balaban J connectivity index is 1.87. The van der Waals surface area contributed by atoms with Gasteiger partial charge in [-0.05, 0) is 51.5 Å². The molecule has 1 aliphatic heterocycles. The fourth-order valence-electron chi connectivity index (χ4n) is 3.36. The first-order chi connectivity index (χ1) is 9.01. The number of primary amides is 1. The molecule has 0 aromatic heterocycles. The van der Waals surface area contributed by atoms with Crippen molar-refractivity contribution in [2.45, 2.75) is 50.1 Å². The van der Waals surface area contributed by atoms with E-state index >= 15 is 0 Å². The molecule has 1 saturated heterocycles. The highest BCUT2D eigenvalue weighted by molar-refractivity contribution is 5.84. The van der Waals surface area contributed by atoms with E-state index in [0.29, 0.717) is 18.4 Å². The van der Waals surface area contributed by atoms with Gasteiger partial charge in [-0.1, -0.05) is 0 Å². The van der Waals surface area contributed by atoms with Crippen LogP contribution in [0.3, 0.4) is 0 Å². The van der Waals surface area contributed by atoms with Gasteiger partial charge in [-0.2, -0.15) is 0 Å². The van der Waals surface area contributed by atoms with Crippen molar-refractivity contribution in [1.29, 1.82) is 0 Å². The van der Waals surface area contributed by atoms with E-state index in [-0.39, 0.29) is 5.91 Å².